The first-order valence-electron chi connectivity index (χ1n) is 12.0. The number of para-hydroxylation sites is 1. The molecule has 1 atom stereocenters. The van der Waals surface area contributed by atoms with Crippen LogP contribution in [-0.2, 0) is 22.6 Å². The number of halogens is 1. The molecule has 3 aromatic carbocycles. The van der Waals surface area contributed by atoms with E-state index in [0.717, 1.165) is 29.5 Å². The Balaban J connectivity index is 1.90. The summed E-state index contributed by atoms with van der Waals surface area (Å²) in [4.78, 5) is 28.4. The molecule has 184 valence electrons. The van der Waals surface area contributed by atoms with Crippen molar-refractivity contribution in [2.24, 2.45) is 0 Å². The molecule has 0 heterocycles. The van der Waals surface area contributed by atoms with Gasteiger partial charge in [0.05, 0.1) is 0 Å². The Hall–Kier alpha value is -3.67. The van der Waals surface area contributed by atoms with Crippen LogP contribution in [0.25, 0.3) is 0 Å². The van der Waals surface area contributed by atoms with Crippen LogP contribution in [0, 0.1) is 12.7 Å². The molecule has 35 heavy (non-hydrogen) atoms. The topological polar surface area (TPSA) is 58.6 Å². The number of carbonyl (C=O) groups is 2. The first-order chi connectivity index (χ1) is 17.0. The normalized spacial score (nSPS) is 11.5. The van der Waals surface area contributed by atoms with Gasteiger partial charge in [-0.2, -0.15) is 0 Å². The molecule has 0 fully saturated rings. The smallest absolute Gasteiger partial charge is 0.261 e. The molecule has 5 nitrogen and oxygen atoms in total. The number of rotatable bonds is 12. The van der Waals surface area contributed by atoms with E-state index >= 15 is 0 Å². The molecule has 3 aromatic rings. The maximum atomic E-state index is 14.1. The molecule has 0 unspecified atom stereocenters. The molecule has 1 N–H and O–H groups in total. The van der Waals surface area contributed by atoms with E-state index < -0.39 is 11.9 Å². The zero-order chi connectivity index (χ0) is 25.0. The van der Waals surface area contributed by atoms with Crippen molar-refractivity contribution in [3.63, 3.8) is 0 Å². The minimum Gasteiger partial charge on any atom is -0.481 e. The van der Waals surface area contributed by atoms with Gasteiger partial charge in [0.2, 0.25) is 5.91 Å². The Labute approximate surface area is 206 Å². The number of hydrogen-bond donors (Lipinski definition) is 1. The molecular formula is C29H33FN2O3. The lowest BCUT2D eigenvalue weighted by Gasteiger charge is -2.32. The molecule has 2 amide bonds. The van der Waals surface area contributed by atoms with Crippen LogP contribution in [-0.4, -0.2) is 35.9 Å². The zero-order valence-electron chi connectivity index (χ0n) is 20.4. The maximum absolute atomic E-state index is 14.1. The molecule has 0 saturated heterocycles. The van der Waals surface area contributed by atoms with Crippen molar-refractivity contribution < 1.29 is 18.7 Å². The number of nitrogens with zero attached hydrogens (tertiary/aromatic N) is 1. The SMILES string of the molecule is CCCCNC(=O)[C@H](Cc1ccccc1)N(Cc1ccccc1C)C(=O)COc1ccccc1F. The maximum Gasteiger partial charge on any atom is 0.261 e. The fraction of sp³-hybridized carbons (Fsp3) is 0.310. The summed E-state index contributed by atoms with van der Waals surface area (Å²) in [5, 5.41) is 2.99. The van der Waals surface area contributed by atoms with Gasteiger partial charge in [0.15, 0.2) is 18.2 Å². The molecule has 6 heteroatoms. The number of hydrogen-bond acceptors (Lipinski definition) is 3. The van der Waals surface area contributed by atoms with Gasteiger partial charge in [0.1, 0.15) is 6.04 Å². The molecule has 0 aliphatic rings. The van der Waals surface area contributed by atoms with Crippen LogP contribution >= 0.6 is 0 Å². The predicted molar refractivity (Wildman–Crippen MR) is 135 cm³/mol. The van der Waals surface area contributed by atoms with Gasteiger partial charge < -0.3 is 15.0 Å². The van der Waals surface area contributed by atoms with Crippen LogP contribution < -0.4 is 10.1 Å². The highest BCUT2D eigenvalue weighted by molar-refractivity contribution is 5.88. The third kappa shape index (κ3) is 7.67. The van der Waals surface area contributed by atoms with Crippen molar-refractivity contribution in [1.29, 1.82) is 0 Å². The van der Waals surface area contributed by atoms with Crippen molar-refractivity contribution in [3.05, 3.63) is 101 Å². The van der Waals surface area contributed by atoms with Crippen molar-refractivity contribution in [3.8, 4) is 5.75 Å². The summed E-state index contributed by atoms with van der Waals surface area (Å²) in [5.74, 6) is -1.13. The van der Waals surface area contributed by atoms with E-state index in [2.05, 4.69) is 12.2 Å². The second-order valence-corrected chi connectivity index (χ2v) is 8.52. The van der Waals surface area contributed by atoms with Crippen LogP contribution in [0.2, 0.25) is 0 Å². The van der Waals surface area contributed by atoms with Gasteiger partial charge in [0, 0.05) is 19.5 Å². The van der Waals surface area contributed by atoms with E-state index in [4.69, 9.17) is 4.74 Å². The van der Waals surface area contributed by atoms with Gasteiger partial charge in [-0.3, -0.25) is 9.59 Å². The lowest BCUT2D eigenvalue weighted by Crippen LogP contribution is -2.52. The molecule has 0 bridgehead atoms. The van der Waals surface area contributed by atoms with Crippen molar-refractivity contribution >= 4 is 11.8 Å². The number of nitrogens with one attached hydrogen (secondary N) is 1. The van der Waals surface area contributed by atoms with E-state index in [1.807, 2.05) is 61.5 Å². The van der Waals surface area contributed by atoms with Gasteiger partial charge >= 0.3 is 0 Å². The Morgan fingerprint density at radius 1 is 0.971 bits per heavy atom. The summed E-state index contributed by atoms with van der Waals surface area (Å²) in [6.07, 6.45) is 2.16. The summed E-state index contributed by atoms with van der Waals surface area (Å²) < 4.78 is 19.6. The van der Waals surface area contributed by atoms with Crippen molar-refractivity contribution in [1.82, 2.24) is 10.2 Å². The van der Waals surface area contributed by atoms with Gasteiger partial charge in [-0.05, 0) is 42.2 Å². The summed E-state index contributed by atoms with van der Waals surface area (Å²) in [6.45, 7) is 4.44. The minimum absolute atomic E-state index is 0.00342. The molecule has 0 aliphatic carbocycles. The minimum atomic E-state index is -0.745. The van der Waals surface area contributed by atoms with Crippen LogP contribution in [0.15, 0.2) is 78.9 Å². The number of amides is 2. The molecule has 0 spiro atoms. The third-order valence-corrected chi connectivity index (χ3v) is 5.89. The number of benzene rings is 3. The Kier molecular flexibility index (Phi) is 9.84. The van der Waals surface area contributed by atoms with Gasteiger partial charge in [-0.25, -0.2) is 4.39 Å². The predicted octanol–water partition coefficient (Wildman–Crippen LogP) is 5.07. The first-order valence-corrected chi connectivity index (χ1v) is 12.0. The molecule has 0 radical (unpaired) electrons. The third-order valence-electron chi connectivity index (χ3n) is 5.89. The highest BCUT2D eigenvalue weighted by Crippen LogP contribution is 2.19. The van der Waals surface area contributed by atoms with Gasteiger partial charge in [-0.1, -0.05) is 80.1 Å². The van der Waals surface area contributed by atoms with Crippen molar-refractivity contribution in [2.75, 3.05) is 13.2 Å². The monoisotopic (exact) mass is 476 g/mol. The van der Waals surface area contributed by atoms with E-state index in [1.165, 1.54) is 12.1 Å². The summed E-state index contributed by atoms with van der Waals surface area (Å²) in [5.41, 5.74) is 2.90. The second-order valence-electron chi connectivity index (χ2n) is 8.52. The average molecular weight is 477 g/mol. The molecule has 0 aromatic heterocycles. The van der Waals surface area contributed by atoms with Crippen LogP contribution in [0.4, 0.5) is 4.39 Å². The number of ether oxygens (including phenoxy) is 1. The number of unbranched alkanes of at least 4 members (excludes halogenated alkanes) is 1. The summed E-state index contributed by atoms with van der Waals surface area (Å²) in [7, 11) is 0. The molecular weight excluding hydrogens is 443 g/mol. The van der Waals surface area contributed by atoms with Crippen LogP contribution in [0.1, 0.15) is 36.5 Å². The van der Waals surface area contributed by atoms with Crippen LogP contribution in [0.5, 0.6) is 5.75 Å². The largest absolute Gasteiger partial charge is 0.481 e. The van der Waals surface area contributed by atoms with E-state index in [1.54, 1.807) is 17.0 Å². The number of carbonyl (C=O) groups excluding carboxylic acids is 2. The average Bonchev–Trinajstić information content (AvgIpc) is 2.87. The number of aryl methyl sites for hydroxylation is 1. The molecule has 3 rings (SSSR count). The summed E-state index contributed by atoms with van der Waals surface area (Å²) >= 11 is 0. The standard InChI is InChI=1S/C29H33FN2O3/c1-3-4-18-31-29(34)26(19-23-13-6-5-7-14-23)32(20-24-15-9-8-12-22(24)2)28(33)21-35-27-17-11-10-16-25(27)30/h5-17,26H,3-4,18-21H2,1-2H3,(H,31,34)/t26-/m0/s1. The van der Waals surface area contributed by atoms with E-state index in [0.29, 0.717) is 13.0 Å². The highest BCUT2D eigenvalue weighted by Gasteiger charge is 2.31. The van der Waals surface area contributed by atoms with Crippen molar-refractivity contribution in [2.45, 2.75) is 45.7 Å². The first kappa shape index (κ1) is 25.9. The molecule has 0 saturated carbocycles. The fourth-order valence-electron chi connectivity index (χ4n) is 3.82. The van der Waals surface area contributed by atoms with E-state index in [-0.39, 0.29) is 30.7 Å². The second kappa shape index (κ2) is 13.3. The van der Waals surface area contributed by atoms with E-state index in [9.17, 15) is 14.0 Å². The zero-order valence-corrected chi connectivity index (χ0v) is 20.4. The van der Waals surface area contributed by atoms with Gasteiger partial charge in [-0.15, -0.1) is 0 Å². The Morgan fingerprint density at radius 2 is 1.66 bits per heavy atom. The Bertz CT molecular complexity index is 1100. The van der Waals surface area contributed by atoms with Gasteiger partial charge in [0.25, 0.3) is 5.91 Å². The fourth-order valence-corrected chi connectivity index (χ4v) is 3.82. The summed E-state index contributed by atoms with van der Waals surface area (Å²) in [6, 6.07) is 22.6. The Morgan fingerprint density at radius 3 is 2.37 bits per heavy atom. The lowest BCUT2D eigenvalue weighted by atomic mass is 10.0. The molecule has 0 aliphatic heterocycles. The lowest BCUT2D eigenvalue weighted by molar-refractivity contribution is -0.142. The highest BCUT2D eigenvalue weighted by atomic mass is 19.1. The quantitative estimate of drug-likeness (QED) is 0.372. The van der Waals surface area contributed by atoms with Crippen LogP contribution in [0.3, 0.4) is 0 Å².